The predicted octanol–water partition coefficient (Wildman–Crippen LogP) is 2.62. The van der Waals surface area contributed by atoms with E-state index in [2.05, 4.69) is 38.1 Å². The molecule has 3 aromatic rings. The number of benzene rings is 2. The minimum atomic E-state index is -0.441. The van der Waals surface area contributed by atoms with E-state index >= 15 is 0 Å². The Hall–Kier alpha value is -3.00. The molecule has 31 heavy (non-hydrogen) atoms. The van der Waals surface area contributed by atoms with Crippen molar-refractivity contribution < 1.29 is 9.84 Å². The van der Waals surface area contributed by atoms with Crippen molar-refractivity contribution in [2.75, 3.05) is 32.0 Å². The average molecular weight is 420 g/mol. The third-order valence-electron chi connectivity index (χ3n) is 5.41. The Labute approximate surface area is 182 Å². The number of anilines is 1. The SMILES string of the molecule is CNCC[C@H](Oc1ccc(-c2ccnc(N[C@@H]3CNC[C@H]3O)n2)cc1)c1ccccc1. The first-order chi connectivity index (χ1) is 15.2. The highest BCUT2D eigenvalue weighted by molar-refractivity contribution is 5.61. The van der Waals surface area contributed by atoms with Gasteiger partial charge in [-0.25, -0.2) is 9.97 Å². The van der Waals surface area contributed by atoms with Crippen LogP contribution < -0.4 is 20.7 Å². The summed E-state index contributed by atoms with van der Waals surface area (Å²) in [6.45, 7) is 2.15. The quantitative estimate of drug-likeness (QED) is 0.424. The average Bonchev–Trinajstić information content (AvgIpc) is 3.22. The van der Waals surface area contributed by atoms with Gasteiger partial charge < -0.3 is 25.8 Å². The topological polar surface area (TPSA) is 91.3 Å². The van der Waals surface area contributed by atoms with E-state index in [0.29, 0.717) is 19.0 Å². The molecule has 0 bridgehead atoms. The molecule has 0 radical (unpaired) electrons. The second kappa shape index (κ2) is 10.3. The number of hydrogen-bond donors (Lipinski definition) is 4. The Kier molecular flexibility index (Phi) is 7.09. The number of aliphatic hydroxyl groups excluding tert-OH is 1. The molecule has 1 fully saturated rings. The lowest BCUT2D eigenvalue weighted by atomic mass is 10.1. The van der Waals surface area contributed by atoms with Gasteiger partial charge in [-0.2, -0.15) is 0 Å². The van der Waals surface area contributed by atoms with Crippen molar-refractivity contribution in [1.82, 2.24) is 20.6 Å². The standard InChI is InChI=1S/C24H29N5O2/c1-25-13-12-23(18-5-3-2-4-6-18)31-19-9-7-17(8-10-19)20-11-14-27-24(28-20)29-21-15-26-16-22(21)30/h2-11,14,21-23,25-26,30H,12-13,15-16H2,1H3,(H,27,28,29)/t21-,22-,23+/m1/s1. The Balaban J connectivity index is 1.45. The van der Waals surface area contributed by atoms with Gasteiger partial charge in [0.1, 0.15) is 11.9 Å². The van der Waals surface area contributed by atoms with E-state index in [1.54, 1.807) is 6.20 Å². The first-order valence-corrected chi connectivity index (χ1v) is 10.7. The summed E-state index contributed by atoms with van der Waals surface area (Å²) < 4.78 is 6.30. The number of β-amino-alcohol motifs (C(OH)–C–C–N with tert-alkyl or cyclic N) is 1. The molecular formula is C24H29N5O2. The highest BCUT2D eigenvalue weighted by atomic mass is 16.5. The van der Waals surface area contributed by atoms with Crippen molar-refractivity contribution in [2.24, 2.45) is 0 Å². The molecule has 2 heterocycles. The van der Waals surface area contributed by atoms with E-state index in [9.17, 15) is 5.11 Å². The maximum Gasteiger partial charge on any atom is 0.223 e. The molecule has 7 heteroatoms. The number of nitrogens with zero attached hydrogens (tertiary/aromatic N) is 2. The summed E-state index contributed by atoms with van der Waals surface area (Å²) in [6.07, 6.45) is 2.16. The van der Waals surface area contributed by atoms with Crippen molar-refractivity contribution in [3.8, 4) is 17.0 Å². The summed E-state index contributed by atoms with van der Waals surface area (Å²) in [5.74, 6) is 1.34. The van der Waals surface area contributed by atoms with Crippen LogP contribution in [-0.4, -0.2) is 53.9 Å². The third-order valence-corrected chi connectivity index (χ3v) is 5.41. The van der Waals surface area contributed by atoms with Crippen molar-refractivity contribution in [3.05, 3.63) is 72.4 Å². The molecular weight excluding hydrogens is 390 g/mol. The summed E-state index contributed by atoms with van der Waals surface area (Å²) in [7, 11) is 1.95. The number of aliphatic hydroxyl groups is 1. The lowest BCUT2D eigenvalue weighted by molar-refractivity contribution is 0.185. The Morgan fingerprint density at radius 2 is 1.90 bits per heavy atom. The fraction of sp³-hybridized carbons (Fsp3) is 0.333. The van der Waals surface area contributed by atoms with Gasteiger partial charge in [0.2, 0.25) is 5.95 Å². The summed E-state index contributed by atoms with van der Waals surface area (Å²) in [5.41, 5.74) is 2.96. The zero-order chi connectivity index (χ0) is 21.5. The monoisotopic (exact) mass is 419 g/mol. The molecule has 3 atom stereocenters. The van der Waals surface area contributed by atoms with E-state index in [4.69, 9.17) is 4.74 Å². The lowest BCUT2D eigenvalue weighted by Crippen LogP contribution is -2.32. The molecule has 4 N–H and O–H groups in total. The number of rotatable bonds is 9. The van der Waals surface area contributed by atoms with Gasteiger partial charge in [0.15, 0.2) is 0 Å². The highest BCUT2D eigenvalue weighted by Crippen LogP contribution is 2.27. The summed E-state index contributed by atoms with van der Waals surface area (Å²) in [6, 6.07) is 20.0. The molecule has 2 aromatic carbocycles. The normalized spacial score (nSPS) is 19.2. The Morgan fingerprint density at radius 1 is 1.10 bits per heavy atom. The molecule has 4 rings (SSSR count). The number of ether oxygens (including phenoxy) is 1. The Morgan fingerprint density at radius 3 is 2.61 bits per heavy atom. The lowest BCUT2D eigenvalue weighted by Gasteiger charge is -2.20. The second-order valence-electron chi connectivity index (χ2n) is 7.68. The van der Waals surface area contributed by atoms with Crippen LogP contribution in [0.15, 0.2) is 66.9 Å². The first-order valence-electron chi connectivity index (χ1n) is 10.7. The molecule has 0 spiro atoms. The maximum atomic E-state index is 9.98. The summed E-state index contributed by atoms with van der Waals surface area (Å²) >= 11 is 0. The zero-order valence-electron chi connectivity index (χ0n) is 17.7. The van der Waals surface area contributed by atoms with E-state index in [-0.39, 0.29) is 12.1 Å². The van der Waals surface area contributed by atoms with Gasteiger partial charge in [-0.15, -0.1) is 0 Å². The fourth-order valence-corrected chi connectivity index (χ4v) is 3.67. The molecule has 0 unspecified atom stereocenters. The van der Waals surface area contributed by atoms with Crippen molar-refractivity contribution in [2.45, 2.75) is 24.7 Å². The summed E-state index contributed by atoms with van der Waals surface area (Å²) in [5, 5.41) is 19.5. The molecule has 1 saturated heterocycles. The van der Waals surface area contributed by atoms with Gasteiger partial charge in [0, 0.05) is 31.3 Å². The third kappa shape index (κ3) is 5.58. The van der Waals surface area contributed by atoms with Gasteiger partial charge in [0.05, 0.1) is 17.8 Å². The number of aromatic nitrogens is 2. The molecule has 1 aliphatic rings. The van der Waals surface area contributed by atoms with Crippen LogP contribution in [0.1, 0.15) is 18.1 Å². The van der Waals surface area contributed by atoms with Crippen molar-refractivity contribution >= 4 is 5.95 Å². The van der Waals surface area contributed by atoms with E-state index in [1.165, 1.54) is 0 Å². The molecule has 162 valence electrons. The van der Waals surface area contributed by atoms with Crippen molar-refractivity contribution in [1.29, 1.82) is 0 Å². The van der Waals surface area contributed by atoms with Crippen LogP contribution >= 0.6 is 0 Å². The van der Waals surface area contributed by atoms with E-state index in [1.807, 2.05) is 55.6 Å². The largest absolute Gasteiger partial charge is 0.486 e. The van der Waals surface area contributed by atoms with E-state index in [0.717, 1.165) is 35.5 Å². The molecule has 0 amide bonds. The van der Waals surface area contributed by atoms with Gasteiger partial charge in [-0.05, 0) is 49.5 Å². The minimum Gasteiger partial charge on any atom is -0.486 e. The molecule has 1 aromatic heterocycles. The maximum absolute atomic E-state index is 9.98. The predicted molar refractivity (Wildman–Crippen MR) is 122 cm³/mol. The number of hydrogen-bond acceptors (Lipinski definition) is 7. The zero-order valence-corrected chi connectivity index (χ0v) is 17.7. The van der Waals surface area contributed by atoms with Crippen LogP contribution in [0, 0.1) is 0 Å². The van der Waals surface area contributed by atoms with Crippen LogP contribution in [0.5, 0.6) is 5.75 Å². The minimum absolute atomic E-state index is 0.0131. The van der Waals surface area contributed by atoms with Crippen LogP contribution in [0.2, 0.25) is 0 Å². The molecule has 0 saturated carbocycles. The van der Waals surface area contributed by atoms with E-state index < -0.39 is 6.10 Å². The van der Waals surface area contributed by atoms with Crippen LogP contribution in [0.4, 0.5) is 5.95 Å². The second-order valence-corrected chi connectivity index (χ2v) is 7.68. The molecule has 1 aliphatic heterocycles. The summed E-state index contributed by atoms with van der Waals surface area (Å²) in [4.78, 5) is 8.90. The van der Waals surface area contributed by atoms with Crippen LogP contribution in [0.25, 0.3) is 11.3 Å². The molecule has 7 nitrogen and oxygen atoms in total. The highest BCUT2D eigenvalue weighted by Gasteiger charge is 2.25. The van der Waals surface area contributed by atoms with Gasteiger partial charge >= 0.3 is 0 Å². The fourth-order valence-electron chi connectivity index (χ4n) is 3.67. The Bertz CT molecular complexity index is 952. The van der Waals surface area contributed by atoms with Gasteiger partial charge in [0.25, 0.3) is 0 Å². The van der Waals surface area contributed by atoms with Crippen LogP contribution in [-0.2, 0) is 0 Å². The molecule has 0 aliphatic carbocycles. The smallest absolute Gasteiger partial charge is 0.223 e. The van der Waals surface area contributed by atoms with Crippen molar-refractivity contribution in [3.63, 3.8) is 0 Å². The first kappa shape index (κ1) is 21.2. The number of nitrogens with one attached hydrogen (secondary N) is 3. The van der Waals surface area contributed by atoms with Gasteiger partial charge in [-0.3, -0.25) is 0 Å². The van der Waals surface area contributed by atoms with Gasteiger partial charge in [-0.1, -0.05) is 30.3 Å². The van der Waals surface area contributed by atoms with Crippen LogP contribution in [0.3, 0.4) is 0 Å².